The number of H-pyrrole nitrogens is 1. The van der Waals surface area contributed by atoms with Crippen molar-refractivity contribution < 1.29 is 5.11 Å². The van der Waals surface area contributed by atoms with Crippen LogP contribution in [-0.4, -0.2) is 26.2 Å². The van der Waals surface area contributed by atoms with Crippen LogP contribution in [0, 0.1) is 4.77 Å². The van der Waals surface area contributed by atoms with Crippen molar-refractivity contribution in [1.29, 1.82) is 0 Å². The predicted molar refractivity (Wildman–Crippen MR) is 89.0 cm³/mol. The second-order valence-corrected chi connectivity index (χ2v) is 5.33. The van der Waals surface area contributed by atoms with Gasteiger partial charge in [-0.25, -0.2) is 5.10 Å². The molecule has 1 heterocycles. The average Bonchev–Trinajstić information content (AvgIpc) is 2.89. The van der Waals surface area contributed by atoms with Crippen LogP contribution in [0.1, 0.15) is 5.56 Å². The molecule has 0 aliphatic rings. The first kappa shape index (κ1) is 14.5. The third-order valence-corrected chi connectivity index (χ3v) is 3.48. The Bertz CT molecular complexity index is 866. The summed E-state index contributed by atoms with van der Waals surface area (Å²) in [4.78, 5) is 0. The maximum Gasteiger partial charge on any atom is 0.216 e. The highest BCUT2D eigenvalue weighted by Crippen LogP contribution is 2.20. The summed E-state index contributed by atoms with van der Waals surface area (Å²) in [6.07, 6.45) is 1.64. The minimum absolute atomic E-state index is 0.207. The monoisotopic (exact) mass is 330 g/mol. The summed E-state index contributed by atoms with van der Waals surface area (Å²) in [6.45, 7) is 0. The molecule has 3 aromatic rings. The molecule has 0 radical (unpaired) electrons. The van der Waals surface area contributed by atoms with E-state index in [0.29, 0.717) is 15.6 Å². The Hall–Kier alpha value is -2.44. The van der Waals surface area contributed by atoms with E-state index in [-0.39, 0.29) is 5.75 Å². The van der Waals surface area contributed by atoms with E-state index in [1.807, 2.05) is 12.1 Å². The number of aromatic hydroxyl groups is 1. The second-order valence-electron chi connectivity index (χ2n) is 4.51. The van der Waals surface area contributed by atoms with Crippen LogP contribution in [-0.2, 0) is 0 Å². The number of rotatable bonds is 3. The lowest BCUT2D eigenvalue weighted by molar-refractivity contribution is 0.475. The lowest BCUT2D eigenvalue weighted by Gasteiger charge is -2.01. The van der Waals surface area contributed by atoms with Crippen molar-refractivity contribution in [3.8, 4) is 17.1 Å². The molecule has 0 aliphatic heterocycles. The zero-order valence-electron chi connectivity index (χ0n) is 11.3. The number of hydrogen-bond acceptors (Lipinski definition) is 4. The number of aromatic nitrogens is 3. The summed E-state index contributed by atoms with van der Waals surface area (Å²) in [6, 6.07) is 14.0. The number of halogens is 1. The maximum atomic E-state index is 9.28. The van der Waals surface area contributed by atoms with E-state index in [9.17, 15) is 5.11 Å². The first-order valence-electron chi connectivity index (χ1n) is 6.40. The average molecular weight is 331 g/mol. The lowest BCUT2D eigenvalue weighted by atomic mass is 10.2. The molecule has 0 saturated carbocycles. The van der Waals surface area contributed by atoms with Crippen molar-refractivity contribution in [3.63, 3.8) is 0 Å². The highest BCUT2D eigenvalue weighted by molar-refractivity contribution is 7.71. The van der Waals surface area contributed by atoms with Gasteiger partial charge in [0, 0.05) is 10.6 Å². The Morgan fingerprint density at radius 3 is 2.50 bits per heavy atom. The van der Waals surface area contributed by atoms with Crippen molar-refractivity contribution in [3.05, 3.63) is 63.9 Å². The van der Waals surface area contributed by atoms with Crippen molar-refractivity contribution in [2.45, 2.75) is 0 Å². The van der Waals surface area contributed by atoms with E-state index in [2.05, 4.69) is 15.3 Å². The third kappa shape index (κ3) is 3.08. The standard InChI is InChI=1S/C15H11ClN4OS/c16-12-5-3-11(4-6-12)14-18-19-15(22)20(14)17-9-10-1-7-13(21)8-2-10/h1-9,21H,(H,19,22). The summed E-state index contributed by atoms with van der Waals surface area (Å²) in [5, 5.41) is 21.2. The number of benzene rings is 2. The number of aromatic amines is 1. The smallest absolute Gasteiger partial charge is 0.216 e. The fourth-order valence-corrected chi connectivity index (χ4v) is 2.17. The van der Waals surface area contributed by atoms with Crippen LogP contribution in [0.25, 0.3) is 11.4 Å². The summed E-state index contributed by atoms with van der Waals surface area (Å²) in [5.41, 5.74) is 1.68. The molecule has 5 nitrogen and oxygen atoms in total. The summed E-state index contributed by atoms with van der Waals surface area (Å²) >= 11 is 11.1. The molecular weight excluding hydrogens is 320 g/mol. The molecule has 3 rings (SSSR count). The Morgan fingerprint density at radius 1 is 1.14 bits per heavy atom. The van der Waals surface area contributed by atoms with Gasteiger partial charge in [0.15, 0.2) is 5.82 Å². The number of hydrogen-bond donors (Lipinski definition) is 2. The highest BCUT2D eigenvalue weighted by atomic mass is 35.5. The Morgan fingerprint density at radius 2 is 1.82 bits per heavy atom. The summed E-state index contributed by atoms with van der Waals surface area (Å²) in [5.74, 6) is 0.802. The van der Waals surface area contributed by atoms with Crippen LogP contribution in [0.2, 0.25) is 5.02 Å². The zero-order valence-corrected chi connectivity index (χ0v) is 12.8. The summed E-state index contributed by atoms with van der Waals surface area (Å²) < 4.78 is 1.92. The second kappa shape index (κ2) is 6.13. The van der Waals surface area contributed by atoms with Crippen molar-refractivity contribution in [2.75, 3.05) is 0 Å². The lowest BCUT2D eigenvalue weighted by Crippen LogP contribution is -1.94. The largest absolute Gasteiger partial charge is 0.508 e. The molecule has 0 unspecified atom stereocenters. The minimum atomic E-state index is 0.207. The van der Waals surface area contributed by atoms with E-state index in [0.717, 1.165) is 11.1 Å². The van der Waals surface area contributed by atoms with Gasteiger partial charge in [0.2, 0.25) is 4.77 Å². The van der Waals surface area contributed by atoms with Crippen molar-refractivity contribution in [2.24, 2.45) is 5.10 Å². The molecule has 0 aliphatic carbocycles. The van der Waals surface area contributed by atoms with Crippen LogP contribution in [0.3, 0.4) is 0 Å². The molecule has 22 heavy (non-hydrogen) atoms. The molecular formula is C15H11ClN4OS. The van der Waals surface area contributed by atoms with Crippen molar-refractivity contribution >= 4 is 30.0 Å². The van der Waals surface area contributed by atoms with Gasteiger partial charge in [-0.1, -0.05) is 11.6 Å². The molecule has 0 amide bonds. The number of phenolic OH excluding ortho intramolecular Hbond substituents is 1. The first-order chi connectivity index (χ1) is 10.6. The van der Waals surface area contributed by atoms with Crippen LogP contribution >= 0.6 is 23.8 Å². The van der Waals surface area contributed by atoms with Crippen LogP contribution < -0.4 is 0 Å². The molecule has 0 atom stereocenters. The highest BCUT2D eigenvalue weighted by Gasteiger charge is 2.07. The van der Waals surface area contributed by atoms with E-state index < -0.39 is 0 Å². The Kier molecular flexibility index (Phi) is 4.04. The molecule has 0 saturated heterocycles. The van der Waals surface area contributed by atoms with Gasteiger partial charge in [-0.3, -0.25) is 0 Å². The third-order valence-electron chi connectivity index (χ3n) is 2.97. The molecule has 7 heteroatoms. The first-order valence-corrected chi connectivity index (χ1v) is 7.19. The molecule has 1 aromatic heterocycles. The van der Waals surface area contributed by atoms with Crippen LogP contribution in [0.5, 0.6) is 5.75 Å². The van der Waals surface area contributed by atoms with E-state index in [1.54, 1.807) is 42.6 Å². The minimum Gasteiger partial charge on any atom is -0.508 e. The molecule has 2 aromatic carbocycles. The summed E-state index contributed by atoms with van der Waals surface area (Å²) in [7, 11) is 0. The normalized spacial score (nSPS) is 11.1. The Labute approximate surface area is 136 Å². The SMILES string of the molecule is Oc1ccc(C=Nn2c(-c3ccc(Cl)cc3)n[nH]c2=S)cc1. The molecule has 0 fully saturated rings. The number of phenols is 1. The van der Waals surface area contributed by atoms with Gasteiger partial charge in [-0.15, -0.1) is 0 Å². The molecule has 110 valence electrons. The topological polar surface area (TPSA) is 66.2 Å². The number of nitrogens with one attached hydrogen (secondary N) is 1. The van der Waals surface area contributed by atoms with Crippen molar-refractivity contribution in [1.82, 2.24) is 14.9 Å². The molecule has 0 bridgehead atoms. The van der Waals surface area contributed by atoms with Crippen LogP contribution in [0.15, 0.2) is 53.6 Å². The fourth-order valence-electron chi connectivity index (χ4n) is 1.87. The van der Waals surface area contributed by atoms with E-state index in [1.165, 1.54) is 4.68 Å². The fraction of sp³-hybridized carbons (Fsp3) is 0. The van der Waals surface area contributed by atoms with Gasteiger partial charge in [0.25, 0.3) is 0 Å². The molecule has 2 N–H and O–H groups in total. The van der Waals surface area contributed by atoms with Gasteiger partial charge >= 0.3 is 0 Å². The van der Waals surface area contributed by atoms with E-state index in [4.69, 9.17) is 23.8 Å². The Balaban J connectivity index is 1.97. The zero-order chi connectivity index (χ0) is 15.5. The van der Waals surface area contributed by atoms with Gasteiger partial charge in [0.1, 0.15) is 5.75 Å². The predicted octanol–water partition coefficient (Wildman–Crippen LogP) is 3.85. The van der Waals surface area contributed by atoms with Gasteiger partial charge in [0.05, 0.1) is 6.21 Å². The molecule has 0 spiro atoms. The van der Waals surface area contributed by atoms with Gasteiger partial charge in [-0.2, -0.15) is 14.9 Å². The quantitative estimate of drug-likeness (QED) is 0.566. The van der Waals surface area contributed by atoms with Crippen LogP contribution in [0.4, 0.5) is 0 Å². The van der Waals surface area contributed by atoms with Gasteiger partial charge in [-0.05, 0) is 66.3 Å². The van der Waals surface area contributed by atoms with E-state index >= 15 is 0 Å². The maximum absolute atomic E-state index is 9.28. The van der Waals surface area contributed by atoms with Gasteiger partial charge < -0.3 is 5.11 Å². The number of nitrogens with zero attached hydrogens (tertiary/aromatic N) is 3.